The van der Waals surface area contributed by atoms with E-state index in [-0.39, 0.29) is 11.9 Å². The highest BCUT2D eigenvalue weighted by Crippen LogP contribution is 2.19. The molecule has 19 heavy (non-hydrogen) atoms. The Labute approximate surface area is 111 Å². The first-order valence-electron chi connectivity index (χ1n) is 6.33. The second-order valence-electron chi connectivity index (χ2n) is 4.34. The first kappa shape index (κ1) is 13.6. The fourth-order valence-corrected chi connectivity index (χ4v) is 2.04. The van der Waals surface area contributed by atoms with Gasteiger partial charge in [0.15, 0.2) is 0 Å². The SMILES string of the molecule is CCCn1ncnc1CC(NN)c1ccccc1F. The molecule has 0 amide bonds. The van der Waals surface area contributed by atoms with E-state index >= 15 is 0 Å². The molecule has 3 N–H and O–H groups in total. The van der Waals surface area contributed by atoms with E-state index in [0.29, 0.717) is 12.0 Å². The maximum absolute atomic E-state index is 13.8. The van der Waals surface area contributed by atoms with Crippen molar-refractivity contribution in [3.8, 4) is 0 Å². The Morgan fingerprint density at radius 1 is 1.42 bits per heavy atom. The number of hydrogen-bond donors (Lipinski definition) is 2. The molecular weight excluding hydrogens is 245 g/mol. The predicted molar refractivity (Wildman–Crippen MR) is 70.5 cm³/mol. The summed E-state index contributed by atoms with van der Waals surface area (Å²) >= 11 is 0. The van der Waals surface area contributed by atoms with Crippen LogP contribution in [0.4, 0.5) is 4.39 Å². The van der Waals surface area contributed by atoms with Gasteiger partial charge in [-0.2, -0.15) is 5.10 Å². The quantitative estimate of drug-likeness (QED) is 0.613. The van der Waals surface area contributed by atoms with Crippen LogP contribution in [0.2, 0.25) is 0 Å². The number of rotatable bonds is 6. The van der Waals surface area contributed by atoms with Crippen LogP contribution in [-0.4, -0.2) is 14.8 Å². The third-order valence-corrected chi connectivity index (χ3v) is 3.00. The summed E-state index contributed by atoms with van der Waals surface area (Å²) < 4.78 is 15.6. The Morgan fingerprint density at radius 3 is 2.89 bits per heavy atom. The minimum absolute atomic E-state index is 0.271. The molecule has 0 radical (unpaired) electrons. The van der Waals surface area contributed by atoms with E-state index < -0.39 is 0 Å². The molecule has 2 aromatic rings. The van der Waals surface area contributed by atoms with Crippen molar-refractivity contribution >= 4 is 0 Å². The van der Waals surface area contributed by atoms with Gasteiger partial charge in [-0.25, -0.2) is 9.37 Å². The van der Waals surface area contributed by atoms with Gasteiger partial charge in [-0.15, -0.1) is 0 Å². The molecule has 2 rings (SSSR count). The highest BCUT2D eigenvalue weighted by molar-refractivity contribution is 5.22. The standard InChI is InChI=1S/C13H18FN5/c1-2-7-19-13(16-9-17-19)8-12(18-15)10-5-3-4-6-11(10)14/h3-6,9,12,18H,2,7-8,15H2,1H3. The number of nitrogens with one attached hydrogen (secondary N) is 1. The van der Waals surface area contributed by atoms with Gasteiger partial charge in [-0.1, -0.05) is 25.1 Å². The van der Waals surface area contributed by atoms with E-state index in [1.807, 2.05) is 4.68 Å². The van der Waals surface area contributed by atoms with Gasteiger partial charge in [-0.3, -0.25) is 16.0 Å². The minimum Gasteiger partial charge on any atom is -0.271 e. The number of hydrazine groups is 1. The molecule has 0 saturated carbocycles. The Kier molecular flexibility index (Phi) is 4.59. The lowest BCUT2D eigenvalue weighted by Gasteiger charge is -2.16. The van der Waals surface area contributed by atoms with Crippen LogP contribution in [-0.2, 0) is 13.0 Å². The molecule has 1 atom stereocenters. The van der Waals surface area contributed by atoms with Crippen LogP contribution in [0, 0.1) is 5.82 Å². The van der Waals surface area contributed by atoms with Crippen molar-refractivity contribution < 1.29 is 4.39 Å². The van der Waals surface area contributed by atoms with Gasteiger partial charge < -0.3 is 0 Å². The fourth-order valence-electron chi connectivity index (χ4n) is 2.04. The first-order chi connectivity index (χ1) is 9.26. The van der Waals surface area contributed by atoms with E-state index in [1.165, 1.54) is 12.4 Å². The van der Waals surface area contributed by atoms with Gasteiger partial charge in [0.25, 0.3) is 0 Å². The van der Waals surface area contributed by atoms with Crippen LogP contribution in [0.25, 0.3) is 0 Å². The molecular formula is C13H18FN5. The zero-order valence-electron chi connectivity index (χ0n) is 10.9. The maximum atomic E-state index is 13.8. The summed E-state index contributed by atoms with van der Waals surface area (Å²) in [5.41, 5.74) is 3.18. The van der Waals surface area contributed by atoms with Gasteiger partial charge in [0.2, 0.25) is 0 Å². The molecule has 0 spiro atoms. The monoisotopic (exact) mass is 263 g/mol. The molecule has 6 heteroatoms. The lowest BCUT2D eigenvalue weighted by Crippen LogP contribution is -2.31. The summed E-state index contributed by atoms with van der Waals surface area (Å²) in [6.45, 7) is 2.87. The van der Waals surface area contributed by atoms with Crippen molar-refractivity contribution in [2.24, 2.45) is 5.84 Å². The lowest BCUT2D eigenvalue weighted by atomic mass is 10.0. The third kappa shape index (κ3) is 3.15. The van der Waals surface area contributed by atoms with E-state index in [9.17, 15) is 4.39 Å². The van der Waals surface area contributed by atoms with E-state index in [2.05, 4.69) is 22.4 Å². The summed E-state index contributed by atoms with van der Waals surface area (Å²) in [5, 5.41) is 4.15. The van der Waals surface area contributed by atoms with Gasteiger partial charge in [0.1, 0.15) is 18.0 Å². The topological polar surface area (TPSA) is 68.8 Å². The van der Waals surface area contributed by atoms with Crippen molar-refractivity contribution in [2.45, 2.75) is 32.4 Å². The second-order valence-corrected chi connectivity index (χ2v) is 4.34. The molecule has 102 valence electrons. The van der Waals surface area contributed by atoms with E-state index in [0.717, 1.165) is 18.8 Å². The molecule has 1 heterocycles. The Hall–Kier alpha value is -1.79. The van der Waals surface area contributed by atoms with E-state index in [1.54, 1.807) is 18.2 Å². The van der Waals surface area contributed by atoms with Crippen LogP contribution < -0.4 is 11.3 Å². The number of nitrogens with zero attached hydrogens (tertiary/aromatic N) is 3. The molecule has 1 unspecified atom stereocenters. The molecule has 0 aliphatic carbocycles. The largest absolute Gasteiger partial charge is 0.271 e. The Morgan fingerprint density at radius 2 is 2.21 bits per heavy atom. The predicted octanol–water partition coefficient (Wildman–Crippen LogP) is 1.57. The normalized spacial score (nSPS) is 12.6. The summed E-state index contributed by atoms with van der Waals surface area (Å²) in [7, 11) is 0. The molecule has 5 nitrogen and oxygen atoms in total. The van der Waals surface area contributed by atoms with Crippen LogP contribution in [0.1, 0.15) is 30.8 Å². The molecule has 1 aromatic heterocycles. The van der Waals surface area contributed by atoms with Crippen molar-refractivity contribution in [1.82, 2.24) is 20.2 Å². The number of aryl methyl sites for hydroxylation is 1. The molecule has 0 saturated heterocycles. The molecule has 0 aliphatic rings. The highest BCUT2D eigenvalue weighted by Gasteiger charge is 2.17. The summed E-state index contributed by atoms with van der Waals surface area (Å²) in [5.74, 6) is 6.07. The van der Waals surface area contributed by atoms with Crippen LogP contribution in [0.3, 0.4) is 0 Å². The molecule has 0 bridgehead atoms. The number of hydrogen-bond acceptors (Lipinski definition) is 4. The van der Waals surface area contributed by atoms with Crippen molar-refractivity contribution in [3.05, 3.63) is 47.8 Å². The number of aromatic nitrogens is 3. The van der Waals surface area contributed by atoms with Gasteiger partial charge in [0, 0.05) is 18.5 Å². The van der Waals surface area contributed by atoms with Gasteiger partial charge >= 0.3 is 0 Å². The number of halogens is 1. The fraction of sp³-hybridized carbons (Fsp3) is 0.385. The average Bonchev–Trinajstić information content (AvgIpc) is 2.85. The van der Waals surface area contributed by atoms with Crippen molar-refractivity contribution in [2.75, 3.05) is 0 Å². The van der Waals surface area contributed by atoms with Crippen molar-refractivity contribution in [1.29, 1.82) is 0 Å². The summed E-state index contributed by atoms with van der Waals surface area (Å²) in [6.07, 6.45) is 2.98. The van der Waals surface area contributed by atoms with Crippen LogP contribution in [0.5, 0.6) is 0 Å². The maximum Gasteiger partial charge on any atom is 0.138 e. The number of nitrogens with two attached hydrogens (primary N) is 1. The first-order valence-corrected chi connectivity index (χ1v) is 6.33. The molecule has 0 fully saturated rings. The van der Waals surface area contributed by atoms with E-state index in [4.69, 9.17) is 5.84 Å². The summed E-state index contributed by atoms with van der Waals surface area (Å²) in [6, 6.07) is 6.28. The zero-order valence-corrected chi connectivity index (χ0v) is 10.9. The molecule has 0 aliphatic heterocycles. The Bertz CT molecular complexity index is 525. The lowest BCUT2D eigenvalue weighted by molar-refractivity contribution is 0.478. The van der Waals surface area contributed by atoms with Crippen LogP contribution in [0.15, 0.2) is 30.6 Å². The zero-order chi connectivity index (χ0) is 13.7. The van der Waals surface area contributed by atoms with Crippen LogP contribution >= 0.6 is 0 Å². The minimum atomic E-state index is -0.319. The highest BCUT2D eigenvalue weighted by atomic mass is 19.1. The second kappa shape index (κ2) is 6.40. The van der Waals surface area contributed by atoms with Gasteiger partial charge in [-0.05, 0) is 12.5 Å². The van der Waals surface area contributed by atoms with Gasteiger partial charge in [0.05, 0.1) is 6.04 Å². The number of benzene rings is 1. The smallest absolute Gasteiger partial charge is 0.138 e. The van der Waals surface area contributed by atoms with Crippen molar-refractivity contribution in [3.63, 3.8) is 0 Å². The summed E-state index contributed by atoms with van der Waals surface area (Å²) in [4.78, 5) is 4.21. The Balaban J connectivity index is 2.19. The average molecular weight is 263 g/mol. The third-order valence-electron chi connectivity index (χ3n) is 3.00. The molecule has 1 aromatic carbocycles.